The number of alkyl carbamates (subject to hydrolysis) is 1. The molecule has 1 aliphatic heterocycles. The number of hydrogen-bond donors (Lipinski definition) is 1. The number of carbonyl (C=O) groups is 3. The normalized spacial score (nSPS) is 21.7. The Bertz CT molecular complexity index is 1070. The van der Waals surface area contributed by atoms with E-state index in [0.717, 1.165) is 18.4 Å². The van der Waals surface area contributed by atoms with Gasteiger partial charge in [-0.3, -0.25) is 4.79 Å². The predicted molar refractivity (Wildman–Crippen MR) is 119 cm³/mol. The molecule has 0 spiro atoms. The van der Waals surface area contributed by atoms with Crippen molar-refractivity contribution in [3.8, 4) is 0 Å². The topological polar surface area (TPSA) is 84.9 Å². The van der Waals surface area contributed by atoms with Crippen LogP contribution in [0.2, 0.25) is 0 Å². The molecule has 2 aromatic rings. The molecule has 1 N–H and O–H groups in total. The zero-order valence-electron chi connectivity index (χ0n) is 18.8. The molecule has 0 unspecified atom stereocenters. The van der Waals surface area contributed by atoms with E-state index in [0.29, 0.717) is 11.3 Å². The molecular formula is C25H27FN2O5. The van der Waals surface area contributed by atoms with Crippen molar-refractivity contribution >= 4 is 23.7 Å². The third-order valence-electron chi connectivity index (χ3n) is 6.41. The Morgan fingerprint density at radius 1 is 1.15 bits per heavy atom. The summed E-state index contributed by atoms with van der Waals surface area (Å²) in [4.78, 5) is 39.1. The van der Waals surface area contributed by atoms with Gasteiger partial charge in [0, 0.05) is 18.9 Å². The summed E-state index contributed by atoms with van der Waals surface area (Å²) in [5.41, 5.74) is 1.43. The van der Waals surface area contributed by atoms with Crippen molar-refractivity contribution in [3.05, 3.63) is 65.0 Å². The Morgan fingerprint density at radius 3 is 2.45 bits per heavy atom. The van der Waals surface area contributed by atoms with Gasteiger partial charge in [0.15, 0.2) is 0 Å². The number of fused-ring (bicyclic) bond motifs is 1. The van der Waals surface area contributed by atoms with Crippen LogP contribution in [-0.4, -0.2) is 31.1 Å². The molecule has 2 aromatic carbocycles. The van der Waals surface area contributed by atoms with Gasteiger partial charge in [-0.1, -0.05) is 37.3 Å². The second kappa shape index (κ2) is 9.21. The Hall–Kier alpha value is -3.42. The highest BCUT2D eigenvalue weighted by Gasteiger charge is 2.48. The summed E-state index contributed by atoms with van der Waals surface area (Å²) in [7, 11) is 1.17. The zero-order chi connectivity index (χ0) is 23.7. The van der Waals surface area contributed by atoms with Crippen molar-refractivity contribution in [2.75, 3.05) is 12.0 Å². The molecule has 2 amide bonds. The van der Waals surface area contributed by atoms with Crippen LogP contribution in [0.4, 0.5) is 14.9 Å². The standard InChI is InChI=1S/C25H27FN2O5/c1-14-22(27-25(31)33-13-16-7-5-4-6-8-16)19-11-18(24(30)32-3)20(26)12-21(19)28(15(2)29)23(14)17-9-10-17/h4-8,11-12,14,17,22-23H,9-10,13H2,1-3H3,(H,27,31)/t14-,22-,23-/m1/s1. The molecule has 2 aliphatic rings. The van der Waals surface area contributed by atoms with E-state index in [1.54, 1.807) is 4.90 Å². The molecule has 7 nitrogen and oxygen atoms in total. The molecule has 4 rings (SSSR count). The number of nitrogens with one attached hydrogen (secondary N) is 1. The smallest absolute Gasteiger partial charge is 0.407 e. The third kappa shape index (κ3) is 4.55. The number of amides is 2. The lowest BCUT2D eigenvalue weighted by Crippen LogP contribution is -2.53. The number of rotatable bonds is 5. The average Bonchev–Trinajstić information content (AvgIpc) is 3.64. The van der Waals surface area contributed by atoms with Crippen molar-refractivity contribution in [2.45, 2.75) is 45.4 Å². The maximum absolute atomic E-state index is 14.8. The van der Waals surface area contributed by atoms with Crippen LogP contribution in [0.1, 0.15) is 54.2 Å². The maximum atomic E-state index is 14.8. The zero-order valence-corrected chi connectivity index (χ0v) is 18.8. The molecule has 1 heterocycles. The number of ether oxygens (including phenoxy) is 2. The summed E-state index contributed by atoms with van der Waals surface area (Å²) < 4.78 is 25.0. The first-order valence-corrected chi connectivity index (χ1v) is 11.0. The van der Waals surface area contributed by atoms with Crippen LogP contribution in [0, 0.1) is 17.7 Å². The number of anilines is 1. The summed E-state index contributed by atoms with van der Waals surface area (Å²) in [6.07, 6.45) is 1.29. The highest BCUT2D eigenvalue weighted by Crippen LogP contribution is 2.49. The van der Waals surface area contributed by atoms with E-state index >= 15 is 0 Å². The first kappa shape index (κ1) is 22.8. The molecular weight excluding hydrogens is 427 g/mol. The Morgan fingerprint density at radius 2 is 1.85 bits per heavy atom. The van der Waals surface area contributed by atoms with Gasteiger partial charge >= 0.3 is 12.1 Å². The highest BCUT2D eigenvalue weighted by atomic mass is 19.1. The quantitative estimate of drug-likeness (QED) is 0.679. The van der Waals surface area contributed by atoms with Crippen molar-refractivity contribution < 1.29 is 28.2 Å². The van der Waals surface area contributed by atoms with Gasteiger partial charge in [-0.2, -0.15) is 0 Å². The summed E-state index contributed by atoms with van der Waals surface area (Å²) >= 11 is 0. The molecule has 1 fully saturated rings. The van der Waals surface area contributed by atoms with Gasteiger partial charge in [0.1, 0.15) is 12.4 Å². The maximum Gasteiger partial charge on any atom is 0.407 e. The molecule has 0 aromatic heterocycles. The fourth-order valence-corrected chi connectivity index (χ4v) is 4.74. The molecule has 174 valence electrons. The third-order valence-corrected chi connectivity index (χ3v) is 6.41. The number of carbonyl (C=O) groups excluding carboxylic acids is 3. The van der Waals surface area contributed by atoms with Gasteiger partial charge in [0.25, 0.3) is 0 Å². The van der Waals surface area contributed by atoms with E-state index in [2.05, 4.69) is 5.32 Å². The Labute approximate surface area is 191 Å². The van der Waals surface area contributed by atoms with Gasteiger partial charge in [-0.15, -0.1) is 0 Å². The fourth-order valence-electron chi connectivity index (χ4n) is 4.74. The molecule has 1 aliphatic carbocycles. The van der Waals surface area contributed by atoms with Crippen LogP contribution in [-0.2, 0) is 20.9 Å². The summed E-state index contributed by atoms with van der Waals surface area (Å²) in [6.45, 7) is 3.49. The lowest BCUT2D eigenvalue weighted by molar-refractivity contribution is -0.117. The molecule has 8 heteroatoms. The van der Waals surface area contributed by atoms with Crippen LogP contribution in [0.3, 0.4) is 0 Å². The minimum absolute atomic E-state index is 0.100. The Kier molecular flexibility index (Phi) is 6.35. The number of nitrogens with zero attached hydrogens (tertiary/aromatic N) is 1. The monoisotopic (exact) mass is 454 g/mol. The van der Waals surface area contributed by atoms with Crippen molar-refractivity contribution in [1.29, 1.82) is 0 Å². The minimum atomic E-state index is -0.827. The van der Waals surface area contributed by atoms with E-state index in [-0.39, 0.29) is 36.0 Å². The number of benzene rings is 2. The minimum Gasteiger partial charge on any atom is -0.465 e. The average molecular weight is 454 g/mol. The number of esters is 1. The predicted octanol–water partition coefficient (Wildman–Crippen LogP) is 4.36. The number of halogens is 1. The molecule has 1 saturated carbocycles. The molecule has 0 radical (unpaired) electrons. The van der Waals surface area contributed by atoms with Crippen molar-refractivity contribution in [2.24, 2.45) is 11.8 Å². The molecule has 33 heavy (non-hydrogen) atoms. The second-order valence-corrected chi connectivity index (χ2v) is 8.64. The van der Waals surface area contributed by atoms with Crippen molar-refractivity contribution in [1.82, 2.24) is 5.32 Å². The van der Waals surface area contributed by atoms with Gasteiger partial charge in [0.2, 0.25) is 5.91 Å². The van der Waals surface area contributed by atoms with Crippen molar-refractivity contribution in [3.63, 3.8) is 0 Å². The SMILES string of the molecule is COC(=O)c1cc2c(cc1F)N(C(C)=O)[C@@H](C1CC1)[C@H](C)[C@H]2NC(=O)OCc1ccccc1. The lowest BCUT2D eigenvalue weighted by atomic mass is 9.79. The summed E-state index contributed by atoms with van der Waals surface area (Å²) in [5, 5.41) is 2.90. The Balaban J connectivity index is 1.69. The summed E-state index contributed by atoms with van der Waals surface area (Å²) in [6, 6.07) is 11.1. The van der Waals surface area contributed by atoms with Gasteiger partial charge in [-0.05, 0) is 42.0 Å². The lowest BCUT2D eigenvalue weighted by Gasteiger charge is -2.45. The van der Waals surface area contributed by atoms with Gasteiger partial charge in [0.05, 0.1) is 24.4 Å². The number of hydrogen-bond acceptors (Lipinski definition) is 5. The highest BCUT2D eigenvalue weighted by molar-refractivity contribution is 5.96. The van der Waals surface area contributed by atoms with E-state index in [9.17, 15) is 18.8 Å². The van der Waals surface area contributed by atoms with Crippen LogP contribution in [0.25, 0.3) is 0 Å². The van der Waals surface area contributed by atoms with Crippen LogP contribution >= 0.6 is 0 Å². The first-order valence-electron chi connectivity index (χ1n) is 11.0. The van der Waals surface area contributed by atoms with E-state index in [1.165, 1.54) is 26.2 Å². The second-order valence-electron chi connectivity index (χ2n) is 8.64. The van der Waals surface area contributed by atoms with E-state index in [1.807, 2.05) is 37.3 Å². The fraction of sp³-hybridized carbons (Fsp3) is 0.400. The van der Waals surface area contributed by atoms with E-state index in [4.69, 9.17) is 9.47 Å². The first-order chi connectivity index (χ1) is 15.8. The summed E-state index contributed by atoms with van der Waals surface area (Å²) in [5.74, 6) is -1.73. The van der Waals surface area contributed by atoms with Crippen LogP contribution in [0.5, 0.6) is 0 Å². The van der Waals surface area contributed by atoms with Crippen LogP contribution < -0.4 is 10.2 Å². The van der Waals surface area contributed by atoms with Gasteiger partial charge < -0.3 is 19.7 Å². The van der Waals surface area contributed by atoms with Crippen LogP contribution in [0.15, 0.2) is 42.5 Å². The van der Waals surface area contributed by atoms with Gasteiger partial charge in [-0.25, -0.2) is 14.0 Å². The molecule has 3 atom stereocenters. The van der Waals surface area contributed by atoms with E-state index < -0.39 is 23.9 Å². The molecule has 0 saturated heterocycles. The largest absolute Gasteiger partial charge is 0.465 e. The molecule has 0 bridgehead atoms. The number of methoxy groups -OCH3 is 1.